The highest BCUT2D eigenvalue weighted by Crippen LogP contribution is 2.33. The molecule has 10 nitrogen and oxygen atoms in total. The maximum absolute atomic E-state index is 12.1. The minimum atomic E-state index is -1.09. The van der Waals surface area contributed by atoms with Crippen molar-refractivity contribution in [3.8, 4) is 0 Å². The molecular formula is C21H36N4O6S. The summed E-state index contributed by atoms with van der Waals surface area (Å²) in [7, 11) is 0. The molecule has 32 heavy (non-hydrogen) atoms. The summed E-state index contributed by atoms with van der Waals surface area (Å²) < 4.78 is 5.34. The zero-order valence-corrected chi connectivity index (χ0v) is 19.9. The van der Waals surface area contributed by atoms with Crippen LogP contribution < -0.4 is 21.3 Å². The molecule has 2 heterocycles. The molecule has 2 fully saturated rings. The van der Waals surface area contributed by atoms with Gasteiger partial charge in [0.15, 0.2) is 0 Å². The Balaban J connectivity index is 1.57. The molecule has 0 aromatic carbocycles. The molecule has 0 aliphatic carbocycles. The molecule has 0 spiro atoms. The van der Waals surface area contributed by atoms with E-state index < -0.39 is 23.7 Å². The number of carboxylic acids is 1. The minimum Gasteiger partial charge on any atom is -0.480 e. The molecule has 2 aliphatic heterocycles. The van der Waals surface area contributed by atoms with E-state index in [0.717, 1.165) is 25.0 Å². The van der Waals surface area contributed by atoms with Crippen LogP contribution in [0.15, 0.2) is 0 Å². The number of carbonyl (C=O) groups is 4. The van der Waals surface area contributed by atoms with E-state index in [0.29, 0.717) is 37.5 Å². The molecule has 2 saturated heterocycles. The Morgan fingerprint density at radius 1 is 1.28 bits per heavy atom. The van der Waals surface area contributed by atoms with Crippen LogP contribution in [0.5, 0.6) is 0 Å². The van der Waals surface area contributed by atoms with Crippen molar-refractivity contribution in [2.45, 2.75) is 94.7 Å². The smallest absolute Gasteiger partial charge is 0.408 e. The highest BCUT2D eigenvalue weighted by Gasteiger charge is 2.42. The lowest BCUT2D eigenvalue weighted by Crippen LogP contribution is -2.44. The number of hydrogen-bond acceptors (Lipinski definition) is 6. The minimum absolute atomic E-state index is 0.0491. The van der Waals surface area contributed by atoms with Gasteiger partial charge in [-0.1, -0.05) is 19.8 Å². The van der Waals surface area contributed by atoms with Crippen molar-refractivity contribution in [1.82, 2.24) is 21.3 Å². The lowest BCUT2D eigenvalue weighted by Gasteiger charge is -2.26. The monoisotopic (exact) mass is 472 g/mol. The van der Waals surface area contributed by atoms with Gasteiger partial charge >= 0.3 is 18.1 Å². The van der Waals surface area contributed by atoms with Crippen LogP contribution in [0.2, 0.25) is 0 Å². The van der Waals surface area contributed by atoms with E-state index in [9.17, 15) is 19.2 Å². The van der Waals surface area contributed by atoms with Crippen molar-refractivity contribution in [3.05, 3.63) is 0 Å². The standard InChI is InChI=1S/C21H36N4O6S/c1-4-7-13(18(27)28)24-20(30)31-21(2,3)10-11-22-16(26)9-6-5-8-15-17-14(12-32-15)23-19(29)25-17/h13-15,17H,4-12H2,1-3H3,(H,22,26)(H,24,30)(H,27,28)(H2,23,25,29)/t13?,14-,15-,17-/m0/s1. The van der Waals surface area contributed by atoms with Crippen LogP contribution in [0.25, 0.3) is 0 Å². The molecule has 0 aromatic rings. The summed E-state index contributed by atoms with van der Waals surface area (Å²) in [6.45, 7) is 5.64. The van der Waals surface area contributed by atoms with Crippen molar-refractivity contribution in [1.29, 1.82) is 0 Å². The van der Waals surface area contributed by atoms with Gasteiger partial charge in [-0.3, -0.25) is 4.79 Å². The highest BCUT2D eigenvalue weighted by molar-refractivity contribution is 8.00. The van der Waals surface area contributed by atoms with Crippen LogP contribution in [0.3, 0.4) is 0 Å². The average Bonchev–Trinajstić information content (AvgIpc) is 3.23. The third-order valence-electron chi connectivity index (χ3n) is 5.67. The molecule has 2 rings (SSSR count). The topological polar surface area (TPSA) is 146 Å². The van der Waals surface area contributed by atoms with E-state index in [1.165, 1.54) is 0 Å². The number of carboxylic acid groups (broad SMARTS) is 1. The van der Waals surface area contributed by atoms with Gasteiger partial charge in [-0.15, -0.1) is 0 Å². The first kappa shape index (κ1) is 26.1. The van der Waals surface area contributed by atoms with Crippen LogP contribution in [0.4, 0.5) is 9.59 Å². The molecule has 0 radical (unpaired) electrons. The van der Waals surface area contributed by atoms with Crippen LogP contribution in [0, 0.1) is 0 Å². The number of thioether (sulfide) groups is 1. The number of unbranched alkanes of at least 4 members (excludes halogenated alkanes) is 1. The second-order valence-electron chi connectivity index (χ2n) is 8.94. The zero-order chi connectivity index (χ0) is 23.7. The number of fused-ring (bicyclic) bond motifs is 1. The molecule has 11 heteroatoms. The first-order valence-electron chi connectivity index (χ1n) is 11.3. The largest absolute Gasteiger partial charge is 0.480 e. The quantitative estimate of drug-likeness (QED) is 0.203. The van der Waals surface area contributed by atoms with Gasteiger partial charge < -0.3 is 31.1 Å². The number of rotatable bonds is 13. The molecule has 0 bridgehead atoms. The van der Waals surface area contributed by atoms with Gasteiger partial charge in [0.25, 0.3) is 0 Å². The number of alkyl carbamates (subject to hydrolysis) is 1. The van der Waals surface area contributed by atoms with Crippen molar-refractivity contribution in [2.24, 2.45) is 0 Å². The molecule has 4 atom stereocenters. The predicted molar refractivity (Wildman–Crippen MR) is 122 cm³/mol. The molecule has 0 aromatic heterocycles. The summed E-state index contributed by atoms with van der Waals surface area (Å²) in [5.41, 5.74) is -0.845. The van der Waals surface area contributed by atoms with Crippen LogP contribution >= 0.6 is 11.8 Å². The van der Waals surface area contributed by atoms with Crippen molar-refractivity contribution in [2.75, 3.05) is 12.3 Å². The van der Waals surface area contributed by atoms with Crippen LogP contribution in [0.1, 0.15) is 65.7 Å². The Labute approximate surface area is 193 Å². The Morgan fingerprint density at radius 2 is 2.03 bits per heavy atom. The molecule has 5 N–H and O–H groups in total. The predicted octanol–water partition coefficient (Wildman–Crippen LogP) is 1.98. The Morgan fingerprint density at radius 3 is 2.72 bits per heavy atom. The Bertz CT molecular complexity index is 689. The number of amides is 4. The van der Waals surface area contributed by atoms with Crippen LogP contribution in [-0.4, -0.2) is 70.4 Å². The first-order chi connectivity index (χ1) is 15.1. The molecule has 182 valence electrons. The number of nitrogens with one attached hydrogen (secondary N) is 4. The molecule has 4 amide bonds. The fourth-order valence-electron chi connectivity index (χ4n) is 3.89. The Hall–Kier alpha value is -2.17. The van der Waals surface area contributed by atoms with Gasteiger partial charge in [0.2, 0.25) is 5.91 Å². The highest BCUT2D eigenvalue weighted by atomic mass is 32.2. The van der Waals surface area contributed by atoms with Gasteiger partial charge in [0.1, 0.15) is 11.6 Å². The fraction of sp³-hybridized carbons (Fsp3) is 0.810. The SMILES string of the molecule is CCCC(NC(=O)OC(C)(C)CCNC(=O)CCCC[C@@H]1SC[C@@H]2NC(=O)N[C@@H]21)C(=O)O. The second-order valence-corrected chi connectivity index (χ2v) is 10.2. The molecular weight excluding hydrogens is 436 g/mol. The summed E-state index contributed by atoms with van der Waals surface area (Å²) >= 11 is 1.87. The average molecular weight is 473 g/mol. The van der Waals surface area contributed by atoms with E-state index in [2.05, 4.69) is 21.3 Å². The van der Waals surface area contributed by atoms with Crippen molar-refractivity contribution < 1.29 is 29.0 Å². The van der Waals surface area contributed by atoms with Crippen molar-refractivity contribution in [3.63, 3.8) is 0 Å². The van der Waals surface area contributed by atoms with Gasteiger partial charge in [-0.2, -0.15) is 11.8 Å². The third-order valence-corrected chi connectivity index (χ3v) is 7.18. The summed E-state index contributed by atoms with van der Waals surface area (Å²) in [5.74, 6) is -0.211. The zero-order valence-electron chi connectivity index (χ0n) is 19.1. The van der Waals surface area contributed by atoms with E-state index in [4.69, 9.17) is 9.84 Å². The third kappa shape index (κ3) is 8.40. The number of urea groups is 1. The normalized spacial score (nSPS) is 23.0. The number of hydrogen-bond donors (Lipinski definition) is 5. The second kappa shape index (κ2) is 12.2. The number of ether oxygens (including phenoxy) is 1. The van der Waals surface area contributed by atoms with E-state index in [-0.39, 0.29) is 24.0 Å². The lowest BCUT2D eigenvalue weighted by atomic mass is 10.0. The summed E-state index contributed by atoms with van der Waals surface area (Å²) in [6, 6.07) is -0.655. The van der Waals surface area contributed by atoms with Crippen molar-refractivity contribution >= 4 is 35.8 Å². The van der Waals surface area contributed by atoms with E-state index >= 15 is 0 Å². The van der Waals surface area contributed by atoms with E-state index in [1.54, 1.807) is 13.8 Å². The van der Waals surface area contributed by atoms with E-state index in [1.807, 2.05) is 18.7 Å². The van der Waals surface area contributed by atoms with Gasteiger partial charge in [0, 0.05) is 30.4 Å². The van der Waals surface area contributed by atoms with Crippen LogP contribution in [-0.2, 0) is 14.3 Å². The van der Waals surface area contributed by atoms with Gasteiger partial charge in [0.05, 0.1) is 12.1 Å². The summed E-state index contributed by atoms with van der Waals surface area (Å²) in [5, 5.41) is 20.6. The number of carbonyl (C=O) groups excluding carboxylic acids is 3. The molecule has 0 saturated carbocycles. The maximum Gasteiger partial charge on any atom is 0.408 e. The molecule has 2 aliphatic rings. The summed E-state index contributed by atoms with van der Waals surface area (Å²) in [4.78, 5) is 46.7. The lowest BCUT2D eigenvalue weighted by molar-refractivity contribution is -0.139. The first-order valence-corrected chi connectivity index (χ1v) is 12.3. The molecule has 1 unspecified atom stereocenters. The number of aliphatic carboxylic acids is 1. The summed E-state index contributed by atoms with van der Waals surface area (Å²) in [6.07, 6.45) is 3.67. The Kier molecular flexibility index (Phi) is 9.92. The maximum atomic E-state index is 12.1. The van der Waals surface area contributed by atoms with Gasteiger partial charge in [-0.25, -0.2) is 14.4 Å². The van der Waals surface area contributed by atoms with Gasteiger partial charge in [-0.05, 0) is 33.1 Å². The fourth-order valence-corrected chi connectivity index (χ4v) is 5.43.